The highest BCUT2D eigenvalue weighted by Gasteiger charge is 2.32. The predicted molar refractivity (Wildman–Crippen MR) is 64.5 cm³/mol. The van der Waals surface area contributed by atoms with Gasteiger partial charge in [0.25, 0.3) is 0 Å². The van der Waals surface area contributed by atoms with Crippen LogP contribution in [0.4, 0.5) is 27.6 Å². The first-order valence-electron chi connectivity index (χ1n) is 5.67. The first kappa shape index (κ1) is 15.7. The van der Waals surface area contributed by atoms with Gasteiger partial charge in [0.05, 0.1) is 10.5 Å². The van der Waals surface area contributed by atoms with E-state index in [1.807, 2.05) is 0 Å². The van der Waals surface area contributed by atoms with Crippen LogP contribution in [0.3, 0.4) is 0 Å². The smallest absolute Gasteiger partial charge is 0.416 e. The molecule has 116 valence electrons. The number of rotatable bonds is 3. The lowest BCUT2D eigenvalue weighted by Crippen LogP contribution is -2.06. The summed E-state index contributed by atoms with van der Waals surface area (Å²) in [5.74, 6) is -3.75. The van der Waals surface area contributed by atoms with Gasteiger partial charge in [-0.15, -0.1) is 0 Å². The lowest BCUT2D eigenvalue weighted by atomic mass is 10.2. The van der Waals surface area contributed by atoms with Crippen molar-refractivity contribution in [3.05, 3.63) is 63.7 Å². The zero-order valence-electron chi connectivity index (χ0n) is 10.5. The molecule has 0 aliphatic rings. The highest BCUT2D eigenvalue weighted by Crippen LogP contribution is 2.36. The lowest BCUT2D eigenvalue weighted by Gasteiger charge is -2.11. The highest BCUT2D eigenvalue weighted by molar-refractivity contribution is 5.49. The van der Waals surface area contributed by atoms with Crippen LogP contribution < -0.4 is 4.74 Å². The van der Waals surface area contributed by atoms with Gasteiger partial charge in [-0.3, -0.25) is 10.1 Å². The standard InChI is InChI=1S/C13H6F5NO3/c14-8-4-7(13(16,17)18)5-9(6-8)22-11-3-1-2-10(15)12(11)19(20)21/h1-6H. The monoisotopic (exact) mass is 319 g/mol. The van der Waals surface area contributed by atoms with E-state index in [0.29, 0.717) is 12.1 Å². The molecule has 0 saturated carbocycles. The van der Waals surface area contributed by atoms with Crippen molar-refractivity contribution in [2.24, 2.45) is 0 Å². The number of ether oxygens (including phenoxy) is 1. The summed E-state index contributed by atoms with van der Waals surface area (Å²) < 4.78 is 69.1. The first-order valence-corrected chi connectivity index (χ1v) is 5.67. The number of para-hydroxylation sites is 1. The third kappa shape index (κ3) is 3.30. The van der Waals surface area contributed by atoms with Gasteiger partial charge in [0.15, 0.2) is 0 Å². The van der Waals surface area contributed by atoms with E-state index in [1.165, 1.54) is 0 Å². The number of nitro benzene ring substituents is 1. The average molecular weight is 319 g/mol. The molecule has 0 aliphatic carbocycles. The SMILES string of the molecule is O=[N+]([O-])c1c(F)cccc1Oc1cc(F)cc(C(F)(F)F)c1. The summed E-state index contributed by atoms with van der Waals surface area (Å²) in [4.78, 5) is 9.67. The molecule has 0 radical (unpaired) electrons. The van der Waals surface area contributed by atoms with Crippen LogP contribution >= 0.6 is 0 Å². The molecule has 0 fully saturated rings. The number of hydrogen-bond acceptors (Lipinski definition) is 3. The molecule has 0 amide bonds. The van der Waals surface area contributed by atoms with E-state index in [0.717, 1.165) is 18.2 Å². The molecule has 0 aromatic heterocycles. The van der Waals surface area contributed by atoms with Crippen molar-refractivity contribution in [1.82, 2.24) is 0 Å². The van der Waals surface area contributed by atoms with Gasteiger partial charge in [-0.2, -0.15) is 17.6 Å². The maximum Gasteiger partial charge on any atom is 0.416 e. The number of nitrogens with zero attached hydrogens (tertiary/aromatic N) is 1. The lowest BCUT2D eigenvalue weighted by molar-refractivity contribution is -0.388. The fraction of sp³-hybridized carbons (Fsp3) is 0.0769. The normalized spacial score (nSPS) is 11.3. The van der Waals surface area contributed by atoms with Gasteiger partial charge in [0.1, 0.15) is 11.6 Å². The Labute approximate surface area is 119 Å². The van der Waals surface area contributed by atoms with Crippen molar-refractivity contribution < 1.29 is 31.6 Å². The molecular weight excluding hydrogens is 313 g/mol. The summed E-state index contributed by atoms with van der Waals surface area (Å²) in [7, 11) is 0. The zero-order valence-corrected chi connectivity index (χ0v) is 10.5. The molecule has 0 N–H and O–H groups in total. The maximum absolute atomic E-state index is 13.4. The van der Waals surface area contributed by atoms with E-state index in [9.17, 15) is 32.1 Å². The van der Waals surface area contributed by atoms with Gasteiger partial charge in [-0.25, -0.2) is 4.39 Å². The van der Waals surface area contributed by atoms with E-state index < -0.39 is 45.5 Å². The molecule has 4 nitrogen and oxygen atoms in total. The number of halogens is 5. The Balaban J connectivity index is 2.46. The van der Waals surface area contributed by atoms with Gasteiger partial charge in [0.2, 0.25) is 11.6 Å². The second kappa shape index (κ2) is 5.58. The Bertz CT molecular complexity index is 730. The summed E-state index contributed by atoms with van der Waals surface area (Å²) in [5, 5.41) is 10.8. The van der Waals surface area contributed by atoms with Crippen molar-refractivity contribution in [3.8, 4) is 11.5 Å². The quantitative estimate of drug-likeness (QED) is 0.469. The van der Waals surface area contributed by atoms with E-state index >= 15 is 0 Å². The molecule has 0 heterocycles. The fourth-order valence-electron chi connectivity index (χ4n) is 1.67. The second-order valence-electron chi connectivity index (χ2n) is 4.12. The third-order valence-electron chi connectivity index (χ3n) is 2.56. The minimum Gasteiger partial charge on any atom is -0.450 e. The molecule has 22 heavy (non-hydrogen) atoms. The minimum absolute atomic E-state index is 0.243. The van der Waals surface area contributed by atoms with Crippen LogP contribution in [0.15, 0.2) is 36.4 Å². The van der Waals surface area contributed by atoms with Gasteiger partial charge >= 0.3 is 11.9 Å². The molecule has 2 rings (SSSR count). The average Bonchev–Trinajstić information content (AvgIpc) is 2.36. The molecule has 9 heteroatoms. The summed E-state index contributed by atoms with van der Waals surface area (Å²) in [5.41, 5.74) is -2.39. The second-order valence-corrected chi connectivity index (χ2v) is 4.12. The Morgan fingerprint density at radius 2 is 1.77 bits per heavy atom. The van der Waals surface area contributed by atoms with Crippen molar-refractivity contribution in [3.63, 3.8) is 0 Å². The van der Waals surface area contributed by atoms with Gasteiger partial charge in [-0.05, 0) is 24.3 Å². The zero-order chi connectivity index (χ0) is 16.5. The largest absolute Gasteiger partial charge is 0.450 e. The van der Waals surface area contributed by atoms with Crippen molar-refractivity contribution in [2.75, 3.05) is 0 Å². The van der Waals surface area contributed by atoms with Crippen LogP contribution in [-0.2, 0) is 6.18 Å². The summed E-state index contributed by atoms with van der Waals surface area (Å²) in [6.45, 7) is 0. The van der Waals surface area contributed by atoms with E-state index in [4.69, 9.17) is 4.74 Å². The molecule has 2 aromatic carbocycles. The number of alkyl halides is 3. The van der Waals surface area contributed by atoms with E-state index in [1.54, 1.807) is 0 Å². The van der Waals surface area contributed by atoms with Crippen molar-refractivity contribution >= 4 is 5.69 Å². The summed E-state index contributed by atoms with van der Waals surface area (Å²) in [6, 6.07) is 4.15. The van der Waals surface area contributed by atoms with E-state index in [2.05, 4.69) is 0 Å². The molecule has 0 bridgehead atoms. The molecule has 0 aliphatic heterocycles. The fourth-order valence-corrected chi connectivity index (χ4v) is 1.67. The topological polar surface area (TPSA) is 52.4 Å². The van der Waals surface area contributed by atoms with E-state index in [-0.39, 0.29) is 6.07 Å². The number of hydrogen-bond donors (Lipinski definition) is 0. The molecular formula is C13H6F5NO3. The molecule has 0 spiro atoms. The van der Waals surface area contributed by atoms with Gasteiger partial charge in [0, 0.05) is 6.07 Å². The van der Waals surface area contributed by atoms with Crippen LogP contribution in [0.25, 0.3) is 0 Å². The Hall–Kier alpha value is -2.71. The molecule has 0 atom stereocenters. The number of benzene rings is 2. The van der Waals surface area contributed by atoms with Crippen LogP contribution in [0.2, 0.25) is 0 Å². The van der Waals surface area contributed by atoms with Gasteiger partial charge < -0.3 is 4.74 Å². The molecule has 2 aromatic rings. The van der Waals surface area contributed by atoms with Crippen LogP contribution in [0, 0.1) is 21.7 Å². The minimum atomic E-state index is -4.83. The van der Waals surface area contributed by atoms with Gasteiger partial charge in [-0.1, -0.05) is 6.07 Å². The maximum atomic E-state index is 13.4. The Kier molecular flexibility index (Phi) is 3.98. The molecule has 0 unspecified atom stereocenters. The Morgan fingerprint density at radius 3 is 2.36 bits per heavy atom. The van der Waals surface area contributed by atoms with Crippen LogP contribution in [0.1, 0.15) is 5.56 Å². The van der Waals surface area contributed by atoms with Crippen molar-refractivity contribution in [1.29, 1.82) is 0 Å². The predicted octanol–water partition coefficient (Wildman–Crippen LogP) is 4.68. The third-order valence-corrected chi connectivity index (χ3v) is 2.56. The van der Waals surface area contributed by atoms with Crippen LogP contribution in [0.5, 0.6) is 11.5 Å². The summed E-state index contributed by atoms with van der Waals surface area (Å²) in [6.07, 6.45) is -4.83. The first-order chi connectivity index (χ1) is 10.2. The van der Waals surface area contributed by atoms with Crippen molar-refractivity contribution in [2.45, 2.75) is 6.18 Å². The Morgan fingerprint density at radius 1 is 1.09 bits per heavy atom. The number of nitro groups is 1. The summed E-state index contributed by atoms with van der Waals surface area (Å²) >= 11 is 0. The van der Waals surface area contributed by atoms with Crippen LogP contribution in [-0.4, -0.2) is 4.92 Å². The highest BCUT2D eigenvalue weighted by atomic mass is 19.4. The molecule has 0 saturated heterocycles.